The third-order valence-corrected chi connectivity index (χ3v) is 3.67. The van der Waals surface area contributed by atoms with E-state index in [1.807, 2.05) is 0 Å². The van der Waals surface area contributed by atoms with Crippen LogP contribution in [0.1, 0.15) is 74.1 Å². The summed E-state index contributed by atoms with van der Waals surface area (Å²) >= 11 is 0. The molecule has 15 heavy (non-hydrogen) atoms. The van der Waals surface area contributed by atoms with E-state index in [-0.39, 0.29) is 0 Å². The number of allylic oxidation sites excluding steroid dienone is 2. The summed E-state index contributed by atoms with van der Waals surface area (Å²) in [5.41, 5.74) is 3.82. The molecule has 0 fully saturated rings. The molecular weight excluding hydrogens is 180 g/mol. The molecule has 0 radical (unpaired) electrons. The zero-order chi connectivity index (χ0) is 12.1. The second-order valence-corrected chi connectivity index (χ2v) is 5.50. The van der Waals surface area contributed by atoms with Gasteiger partial charge in [-0.05, 0) is 30.6 Å². The predicted molar refractivity (Wildman–Crippen MR) is 71.1 cm³/mol. The van der Waals surface area contributed by atoms with Crippen molar-refractivity contribution in [2.45, 2.75) is 74.1 Å². The fourth-order valence-electron chi connectivity index (χ4n) is 2.37. The minimum absolute atomic E-state index is 0.394. The highest BCUT2D eigenvalue weighted by Crippen LogP contribution is 2.38. The van der Waals surface area contributed by atoms with Crippen molar-refractivity contribution in [1.82, 2.24) is 0 Å². The van der Waals surface area contributed by atoms with Crippen LogP contribution in [0.15, 0.2) is 11.1 Å². The van der Waals surface area contributed by atoms with E-state index in [1.54, 1.807) is 11.1 Å². The average Bonchev–Trinajstić information content (AvgIpc) is 2.17. The summed E-state index contributed by atoms with van der Waals surface area (Å²) < 4.78 is 0. The lowest BCUT2D eigenvalue weighted by Gasteiger charge is -2.31. The second kappa shape index (κ2) is 6.35. The Hall–Kier alpha value is -0.260. The van der Waals surface area contributed by atoms with Crippen LogP contribution in [0.5, 0.6) is 0 Å². The van der Waals surface area contributed by atoms with Gasteiger partial charge in [0.15, 0.2) is 0 Å². The molecule has 0 aromatic carbocycles. The zero-order valence-corrected chi connectivity index (χ0v) is 11.9. The van der Waals surface area contributed by atoms with E-state index >= 15 is 0 Å². The first-order chi connectivity index (χ1) is 6.90. The molecule has 0 bridgehead atoms. The first-order valence-corrected chi connectivity index (χ1v) is 6.63. The molecular formula is C15H30. The van der Waals surface area contributed by atoms with Crippen LogP contribution < -0.4 is 0 Å². The summed E-state index contributed by atoms with van der Waals surface area (Å²) in [6.07, 6.45) is 5.02. The van der Waals surface area contributed by atoms with Crippen molar-refractivity contribution in [3.63, 3.8) is 0 Å². The average molecular weight is 210 g/mol. The lowest BCUT2D eigenvalue weighted by atomic mass is 9.74. The highest BCUT2D eigenvalue weighted by molar-refractivity contribution is 5.22. The summed E-state index contributed by atoms with van der Waals surface area (Å²) in [4.78, 5) is 0. The molecule has 0 unspecified atom stereocenters. The van der Waals surface area contributed by atoms with E-state index in [0.29, 0.717) is 11.3 Å². The van der Waals surface area contributed by atoms with Gasteiger partial charge in [-0.2, -0.15) is 0 Å². The van der Waals surface area contributed by atoms with Crippen LogP contribution in [0.2, 0.25) is 0 Å². The highest BCUT2D eigenvalue weighted by Gasteiger charge is 2.23. The number of hydrogen-bond donors (Lipinski definition) is 0. The highest BCUT2D eigenvalue weighted by atomic mass is 14.3. The Bertz CT molecular complexity index is 206. The zero-order valence-electron chi connectivity index (χ0n) is 11.9. The lowest BCUT2D eigenvalue weighted by molar-refractivity contribution is 0.400. The molecule has 0 atom stereocenters. The summed E-state index contributed by atoms with van der Waals surface area (Å²) in [6.45, 7) is 16.4. The van der Waals surface area contributed by atoms with Crippen LogP contribution in [0, 0.1) is 11.3 Å². The minimum Gasteiger partial charge on any atom is -0.0682 e. The van der Waals surface area contributed by atoms with Crippen LogP contribution in [-0.2, 0) is 0 Å². The summed E-state index contributed by atoms with van der Waals surface area (Å²) in [7, 11) is 0. The Morgan fingerprint density at radius 3 is 1.87 bits per heavy atom. The first-order valence-electron chi connectivity index (χ1n) is 6.63. The Labute approximate surface area is 97.2 Å². The second-order valence-electron chi connectivity index (χ2n) is 5.50. The Morgan fingerprint density at radius 2 is 1.60 bits per heavy atom. The van der Waals surface area contributed by atoms with Crippen molar-refractivity contribution in [3.8, 4) is 0 Å². The monoisotopic (exact) mass is 210 g/mol. The molecule has 0 aliphatic carbocycles. The molecule has 0 aliphatic heterocycles. The molecule has 0 heteroatoms. The van der Waals surface area contributed by atoms with E-state index in [4.69, 9.17) is 0 Å². The standard InChI is InChI=1S/C15H30/c1-8-11-14(15(6,7)10-3)13(9-2)12(4)5/h12H,8-11H2,1-7H3. The lowest BCUT2D eigenvalue weighted by Crippen LogP contribution is -2.17. The van der Waals surface area contributed by atoms with E-state index in [0.717, 1.165) is 0 Å². The fourth-order valence-corrected chi connectivity index (χ4v) is 2.37. The van der Waals surface area contributed by atoms with Crippen LogP contribution >= 0.6 is 0 Å². The Morgan fingerprint density at radius 1 is 1.07 bits per heavy atom. The van der Waals surface area contributed by atoms with Gasteiger partial charge in [0.05, 0.1) is 0 Å². The van der Waals surface area contributed by atoms with E-state index in [1.165, 1.54) is 25.7 Å². The van der Waals surface area contributed by atoms with E-state index < -0.39 is 0 Å². The molecule has 0 spiro atoms. The summed E-state index contributed by atoms with van der Waals surface area (Å²) in [5, 5.41) is 0. The van der Waals surface area contributed by atoms with Gasteiger partial charge < -0.3 is 0 Å². The number of hydrogen-bond acceptors (Lipinski definition) is 0. The Kier molecular flexibility index (Phi) is 6.24. The molecule has 0 saturated carbocycles. The molecule has 0 aromatic heterocycles. The van der Waals surface area contributed by atoms with Crippen LogP contribution in [-0.4, -0.2) is 0 Å². The predicted octanol–water partition coefficient (Wildman–Crippen LogP) is 5.59. The Balaban J connectivity index is 5.23. The van der Waals surface area contributed by atoms with Gasteiger partial charge in [-0.25, -0.2) is 0 Å². The van der Waals surface area contributed by atoms with Gasteiger partial charge in [0.2, 0.25) is 0 Å². The molecule has 0 nitrogen and oxygen atoms in total. The molecule has 0 aliphatic rings. The van der Waals surface area contributed by atoms with E-state index in [9.17, 15) is 0 Å². The maximum Gasteiger partial charge on any atom is -0.0145 e. The molecule has 0 amide bonds. The molecule has 0 heterocycles. The van der Waals surface area contributed by atoms with Gasteiger partial charge in [-0.1, -0.05) is 66.0 Å². The largest absolute Gasteiger partial charge is 0.0682 e. The van der Waals surface area contributed by atoms with Crippen LogP contribution in [0.4, 0.5) is 0 Å². The maximum atomic E-state index is 2.40. The summed E-state index contributed by atoms with van der Waals surface area (Å²) in [5.74, 6) is 0.711. The van der Waals surface area contributed by atoms with Crippen molar-refractivity contribution in [1.29, 1.82) is 0 Å². The SMILES string of the molecule is CCCC(=C(CC)C(C)C)C(C)(C)CC. The fraction of sp³-hybridized carbons (Fsp3) is 0.867. The van der Waals surface area contributed by atoms with Crippen molar-refractivity contribution < 1.29 is 0 Å². The molecule has 0 aromatic rings. The van der Waals surface area contributed by atoms with E-state index in [2.05, 4.69) is 48.5 Å². The van der Waals surface area contributed by atoms with Crippen molar-refractivity contribution in [2.75, 3.05) is 0 Å². The molecule has 0 rings (SSSR count). The van der Waals surface area contributed by atoms with Crippen molar-refractivity contribution >= 4 is 0 Å². The third-order valence-electron chi connectivity index (χ3n) is 3.67. The maximum absolute atomic E-state index is 2.40. The van der Waals surface area contributed by atoms with Crippen LogP contribution in [0.3, 0.4) is 0 Å². The summed E-state index contributed by atoms with van der Waals surface area (Å²) in [6, 6.07) is 0. The van der Waals surface area contributed by atoms with Gasteiger partial charge in [0.1, 0.15) is 0 Å². The normalized spacial score (nSPS) is 14.4. The van der Waals surface area contributed by atoms with Gasteiger partial charge in [0, 0.05) is 0 Å². The van der Waals surface area contributed by atoms with Crippen molar-refractivity contribution in [2.24, 2.45) is 11.3 Å². The topological polar surface area (TPSA) is 0 Å². The van der Waals surface area contributed by atoms with Gasteiger partial charge in [-0.3, -0.25) is 0 Å². The third kappa shape index (κ3) is 4.01. The molecule has 0 saturated heterocycles. The van der Waals surface area contributed by atoms with Gasteiger partial charge in [-0.15, -0.1) is 0 Å². The van der Waals surface area contributed by atoms with Crippen molar-refractivity contribution in [3.05, 3.63) is 11.1 Å². The molecule has 0 N–H and O–H groups in total. The first kappa shape index (κ1) is 14.7. The quantitative estimate of drug-likeness (QED) is 0.502. The van der Waals surface area contributed by atoms with Gasteiger partial charge in [0.25, 0.3) is 0 Å². The van der Waals surface area contributed by atoms with Crippen LogP contribution in [0.25, 0.3) is 0 Å². The number of rotatable bonds is 6. The minimum atomic E-state index is 0.394. The smallest absolute Gasteiger partial charge is 0.0145 e. The molecule has 90 valence electrons. The van der Waals surface area contributed by atoms with Gasteiger partial charge >= 0.3 is 0 Å².